The summed E-state index contributed by atoms with van der Waals surface area (Å²) in [5, 5.41) is 4.75. The van der Waals surface area contributed by atoms with Gasteiger partial charge in [0, 0.05) is 11.4 Å². The number of ether oxygens (including phenoxy) is 2. The van der Waals surface area contributed by atoms with E-state index in [1.54, 1.807) is 24.3 Å². The molecule has 0 heterocycles. The minimum absolute atomic E-state index is 0.0901. The Morgan fingerprint density at radius 1 is 1.00 bits per heavy atom. The van der Waals surface area contributed by atoms with E-state index >= 15 is 0 Å². The van der Waals surface area contributed by atoms with Gasteiger partial charge < -0.3 is 25.8 Å². The maximum atomic E-state index is 12.8. The van der Waals surface area contributed by atoms with E-state index in [-0.39, 0.29) is 16.3 Å². The lowest BCUT2D eigenvalue weighted by Crippen LogP contribution is -2.44. The summed E-state index contributed by atoms with van der Waals surface area (Å²) in [6.45, 7) is 1.44. The summed E-state index contributed by atoms with van der Waals surface area (Å²) in [7, 11) is -1.19. The zero-order valence-corrected chi connectivity index (χ0v) is 16.9. The van der Waals surface area contributed by atoms with Crippen molar-refractivity contribution >= 4 is 33.3 Å². The number of amides is 3. The largest absolute Gasteiger partial charge is 0.497 e. The Kier molecular flexibility index (Phi) is 6.89. The second-order valence-electron chi connectivity index (χ2n) is 5.92. The Bertz CT molecular complexity index is 992. The predicted molar refractivity (Wildman–Crippen MR) is 108 cm³/mol. The molecule has 156 valence electrons. The molecule has 0 spiro atoms. The van der Waals surface area contributed by atoms with Crippen LogP contribution in [-0.2, 0) is 14.8 Å². The number of anilines is 2. The van der Waals surface area contributed by atoms with Gasteiger partial charge in [-0.05, 0) is 49.4 Å². The Labute approximate surface area is 168 Å². The van der Waals surface area contributed by atoms with Crippen molar-refractivity contribution in [3.63, 3.8) is 0 Å². The van der Waals surface area contributed by atoms with Crippen molar-refractivity contribution in [2.45, 2.75) is 17.9 Å². The molecule has 0 radical (unpaired) electrons. The van der Waals surface area contributed by atoms with Gasteiger partial charge in [0.2, 0.25) is 5.91 Å². The van der Waals surface area contributed by atoms with E-state index in [9.17, 15) is 18.0 Å². The number of sulfonamides is 1. The van der Waals surface area contributed by atoms with E-state index in [4.69, 9.17) is 15.2 Å². The highest BCUT2D eigenvalue weighted by molar-refractivity contribution is 7.92. The van der Waals surface area contributed by atoms with Crippen LogP contribution >= 0.6 is 0 Å². The second-order valence-corrected chi connectivity index (χ2v) is 7.57. The molecule has 0 aliphatic heterocycles. The van der Waals surface area contributed by atoms with Gasteiger partial charge >= 0.3 is 6.03 Å². The number of hydrogen-bond acceptors (Lipinski definition) is 6. The average Bonchev–Trinajstić information content (AvgIpc) is 2.67. The van der Waals surface area contributed by atoms with Crippen LogP contribution in [0.5, 0.6) is 11.5 Å². The van der Waals surface area contributed by atoms with Crippen LogP contribution < -0.4 is 30.6 Å². The summed E-state index contributed by atoms with van der Waals surface area (Å²) >= 11 is 0. The molecule has 1 atom stereocenters. The molecule has 0 saturated carbocycles. The lowest BCUT2D eigenvalue weighted by Gasteiger charge is -2.15. The van der Waals surface area contributed by atoms with Gasteiger partial charge in [0.25, 0.3) is 10.0 Å². The Morgan fingerprint density at radius 3 is 2.17 bits per heavy atom. The van der Waals surface area contributed by atoms with Gasteiger partial charge in [-0.3, -0.25) is 9.52 Å². The highest BCUT2D eigenvalue weighted by Gasteiger charge is 2.22. The van der Waals surface area contributed by atoms with E-state index in [0.717, 1.165) is 0 Å². The van der Waals surface area contributed by atoms with Crippen molar-refractivity contribution in [2.24, 2.45) is 5.73 Å². The van der Waals surface area contributed by atoms with Gasteiger partial charge in [-0.1, -0.05) is 0 Å². The number of carbonyl (C=O) groups is 2. The number of benzene rings is 2. The number of rotatable bonds is 8. The minimum atomic E-state index is -4.03. The van der Waals surface area contributed by atoms with E-state index in [0.29, 0.717) is 11.4 Å². The van der Waals surface area contributed by atoms with E-state index in [1.165, 1.54) is 39.3 Å². The third kappa shape index (κ3) is 5.75. The standard InChI is InChI=1S/C18H22N4O6S/c1-11(20-18(19)24)17(23)21-13-6-9-15(28-3)16(10-13)29(25,26)22-12-4-7-14(27-2)8-5-12/h4-11,22H,1-3H3,(H,21,23)(H3,19,20,24). The number of primary amides is 1. The van der Waals surface area contributed by atoms with Gasteiger partial charge in [0.05, 0.1) is 14.2 Å². The first kappa shape index (κ1) is 21.8. The summed E-state index contributed by atoms with van der Waals surface area (Å²) in [5.74, 6) is 0.0988. The molecular formula is C18H22N4O6S. The third-order valence-electron chi connectivity index (χ3n) is 3.81. The topological polar surface area (TPSA) is 149 Å². The summed E-state index contributed by atoms with van der Waals surface area (Å²) in [6, 6.07) is 8.68. The molecule has 0 saturated heterocycles. The van der Waals surface area contributed by atoms with Crippen molar-refractivity contribution in [1.29, 1.82) is 0 Å². The van der Waals surface area contributed by atoms with Gasteiger partial charge in [-0.2, -0.15) is 0 Å². The van der Waals surface area contributed by atoms with Crippen LogP contribution in [0.25, 0.3) is 0 Å². The fraction of sp³-hybridized carbons (Fsp3) is 0.222. The Hall–Kier alpha value is -3.47. The Balaban J connectivity index is 2.28. The van der Waals surface area contributed by atoms with Crippen LogP contribution in [0.4, 0.5) is 16.2 Å². The minimum Gasteiger partial charge on any atom is -0.497 e. The van der Waals surface area contributed by atoms with Crippen molar-refractivity contribution < 1.29 is 27.5 Å². The molecule has 0 aromatic heterocycles. The molecule has 5 N–H and O–H groups in total. The highest BCUT2D eigenvalue weighted by Crippen LogP contribution is 2.29. The zero-order valence-electron chi connectivity index (χ0n) is 16.1. The molecule has 2 aromatic rings. The number of nitrogens with one attached hydrogen (secondary N) is 3. The van der Waals surface area contributed by atoms with Crippen molar-refractivity contribution in [3.05, 3.63) is 42.5 Å². The van der Waals surface area contributed by atoms with Gasteiger partial charge in [0.15, 0.2) is 0 Å². The SMILES string of the molecule is COc1ccc(NS(=O)(=O)c2cc(NC(=O)C(C)NC(N)=O)ccc2OC)cc1. The molecule has 0 aliphatic carbocycles. The molecule has 1 unspecified atom stereocenters. The highest BCUT2D eigenvalue weighted by atomic mass is 32.2. The fourth-order valence-corrected chi connectivity index (χ4v) is 3.62. The molecule has 0 aliphatic rings. The van der Waals surface area contributed by atoms with Crippen LogP contribution in [0, 0.1) is 0 Å². The first-order chi connectivity index (χ1) is 13.7. The fourth-order valence-electron chi connectivity index (χ4n) is 2.36. The number of nitrogens with two attached hydrogens (primary N) is 1. The molecule has 2 aromatic carbocycles. The average molecular weight is 422 g/mol. The molecule has 0 bridgehead atoms. The first-order valence-electron chi connectivity index (χ1n) is 8.38. The summed E-state index contributed by atoms with van der Waals surface area (Å²) < 4.78 is 38.3. The second kappa shape index (κ2) is 9.15. The lowest BCUT2D eigenvalue weighted by molar-refractivity contribution is -0.117. The molecule has 10 nitrogen and oxygen atoms in total. The van der Waals surface area contributed by atoms with Crippen LogP contribution in [0.1, 0.15) is 6.92 Å². The van der Waals surface area contributed by atoms with E-state index in [1.807, 2.05) is 0 Å². The number of urea groups is 1. The van der Waals surface area contributed by atoms with Crippen LogP contribution in [-0.4, -0.2) is 40.6 Å². The van der Waals surface area contributed by atoms with Crippen molar-refractivity contribution in [1.82, 2.24) is 5.32 Å². The van der Waals surface area contributed by atoms with Gasteiger partial charge in [-0.25, -0.2) is 13.2 Å². The monoisotopic (exact) mass is 422 g/mol. The number of hydrogen-bond donors (Lipinski definition) is 4. The smallest absolute Gasteiger partial charge is 0.312 e. The van der Waals surface area contributed by atoms with Crippen molar-refractivity contribution in [2.75, 3.05) is 24.3 Å². The van der Waals surface area contributed by atoms with Crippen molar-refractivity contribution in [3.8, 4) is 11.5 Å². The first-order valence-corrected chi connectivity index (χ1v) is 9.86. The summed E-state index contributed by atoms with van der Waals surface area (Å²) in [6.07, 6.45) is 0. The number of carbonyl (C=O) groups excluding carboxylic acids is 2. The number of methoxy groups -OCH3 is 2. The maximum absolute atomic E-state index is 12.8. The van der Waals surface area contributed by atoms with E-state index in [2.05, 4.69) is 15.4 Å². The maximum Gasteiger partial charge on any atom is 0.312 e. The molecule has 0 fully saturated rings. The van der Waals surface area contributed by atoms with Gasteiger partial charge in [0.1, 0.15) is 22.4 Å². The Morgan fingerprint density at radius 2 is 1.62 bits per heavy atom. The van der Waals surface area contributed by atoms with E-state index < -0.39 is 28.0 Å². The van der Waals surface area contributed by atoms with Crippen LogP contribution in [0.15, 0.2) is 47.4 Å². The molecule has 11 heteroatoms. The third-order valence-corrected chi connectivity index (χ3v) is 5.22. The lowest BCUT2D eigenvalue weighted by atomic mass is 10.2. The molecular weight excluding hydrogens is 400 g/mol. The molecule has 29 heavy (non-hydrogen) atoms. The van der Waals surface area contributed by atoms with Gasteiger partial charge in [-0.15, -0.1) is 0 Å². The quantitative estimate of drug-likeness (QED) is 0.506. The predicted octanol–water partition coefficient (Wildman–Crippen LogP) is 1.50. The zero-order chi connectivity index (χ0) is 21.6. The molecule has 3 amide bonds. The summed E-state index contributed by atoms with van der Waals surface area (Å²) in [4.78, 5) is 22.8. The summed E-state index contributed by atoms with van der Waals surface area (Å²) in [5.41, 5.74) is 5.51. The normalized spacial score (nSPS) is 11.8. The van der Waals surface area contributed by atoms with Crippen LogP contribution in [0.2, 0.25) is 0 Å². The molecule has 2 rings (SSSR count). The van der Waals surface area contributed by atoms with Crippen LogP contribution in [0.3, 0.4) is 0 Å².